The number of halogens is 3. The summed E-state index contributed by atoms with van der Waals surface area (Å²) in [6, 6.07) is 6.99. The molecule has 25 heavy (non-hydrogen) atoms. The van der Waals surface area contributed by atoms with E-state index in [1.54, 1.807) is 64.1 Å². The molecule has 0 N–H and O–H groups in total. The number of methoxy groups -OCH3 is 1. The Morgan fingerprint density at radius 2 is 1.64 bits per heavy atom. The molecule has 0 aliphatic carbocycles. The molecular weight excluding hydrogens is 335 g/mol. The van der Waals surface area contributed by atoms with Gasteiger partial charge in [0, 0.05) is 18.9 Å². The van der Waals surface area contributed by atoms with Gasteiger partial charge in [0.2, 0.25) is 11.8 Å². The molecule has 0 spiro atoms. The SMILES string of the molecule is COc1ccc(N(C)c2ncc(C(F)(F)F)c(OC(C)(C)C)n2)cc1. The first-order valence-corrected chi connectivity index (χ1v) is 7.52. The van der Waals surface area contributed by atoms with E-state index < -0.39 is 23.2 Å². The van der Waals surface area contributed by atoms with Crippen LogP contribution in [0.25, 0.3) is 0 Å². The highest BCUT2D eigenvalue weighted by atomic mass is 19.4. The van der Waals surface area contributed by atoms with Gasteiger partial charge in [0.1, 0.15) is 16.9 Å². The van der Waals surface area contributed by atoms with Crippen LogP contribution in [-0.4, -0.2) is 29.7 Å². The van der Waals surface area contributed by atoms with Crippen LogP contribution in [0.5, 0.6) is 11.6 Å². The summed E-state index contributed by atoms with van der Waals surface area (Å²) in [5.41, 5.74) is -1.14. The van der Waals surface area contributed by atoms with Crippen molar-refractivity contribution in [3.05, 3.63) is 36.0 Å². The Labute approximate surface area is 144 Å². The number of anilines is 2. The van der Waals surface area contributed by atoms with Gasteiger partial charge in [-0.25, -0.2) is 4.98 Å². The van der Waals surface area contributed by atoms with E-state index in [4.69, 9.17) is 9.47 Å². The lowest BCUT2D eigenvalue weighted by Crippen LogP contribution is -2.26. The van der Waals surface area contributed by atoms with Crippen molar-refractivity contribution in [2.24, 2.45) is 0 Å². The standard InChI is InChI=1S/C17H20F3N3O2/c1-16(2,3)25-14-13(17(18,19)20)10-21-15(22-14)23(4)11-6-8-12(24-5)9-7-11/h6-10H,1-5H3. The molecule has 0 saturated heterocycles. The van der Waals surface area contributed by atoms with Gasteiger partial charge in [-0.3, -0.25) is 0 Å². The minimum Gasteiger partial charge on any atom is -0.497 e. The van der Waals surface area contributed by atoms with Crippen molar-refractivity contribution in [1.82, 2.24) is 9.97 Å². The normalized spacial score (nSPS) is 12.0. The van der Waals surface area contributed by atoms with Crippen molar-refractivity contribution in [2.75, 3.05) is 19.1 Å². The fraction of sp³-hybridized carbons (Fsp3) is 0.412. The van der Waals surface area contributed by atoms with Crippen LogP contribution in [0, 0.1) is 0 Å². The Balaban J connectivity index is 2.42. The van der Waals surface area contributed by atoms with Crippen molar-refractivity contribution in [1.29, 1.82) is 0 Å². The number of hydrogen-bond acceptors (Lipinski definition) is 5. The van der Waals surface area contributed by atoms with Crippen LogP contribution in [0.3, 0.4) is 0 Å². The van der Waals surface area contributed by atoms with Crippen molar-refractivity contribution < 1.29 is 22.6 Å². The van der Waals surface area contributed by atoms with E-state index in [1.165, 1.54) is 0 Å². The van der Waals surface area contributed by atoms with Crippen LogP contribution >= 0.6 is 0 Å². The molecular formula is C17H20F3N3O2. The molecule has 0 radical (unpaired) electrons. The summed E-state index contributed by atoms with van der Waals surface area (Å²) in [6.45, 7) is 4.96. The van der Waals surface area contributed by atoms with Crippen LogP contribution in [-0.2, 0) is 6.18 Å². The molecule has 0 saturated carbocycles. The quantitative estimate of drug-likeness (QED) is 0.811. The van der Waals surface area contributed by atoms with Gasteiger partial charge >= 0.3 is 6.18 Å². The minimum atomic E-state index is -4.60. The van der Waals surface area contributed by atoms with Gasteiger partial charge in [0.05, 0.1) is 7.11 Å². The van der Waals surface area contributed by atoms with E-state index in [0.29, 0.717) is 11.4 Å². The molecule has 5 nitrogen and oxygen atoms in total. The number of ether oxygens (including phenoxy) is 2. The molecule has 2 rings (SSSR count). The Kier molecular flexibility index (Phi) is 5.10. The first-order valence-electron chi connectivity index (χ1n) is 7.52. The zero-order valence-electron chi connectivity index (χ0n) is 14.7. The number of nitrogens with zero attached hydrogens (tertiary/aromatic N) is 3. The van der Waals surface area contributed by atoms with Gasteiger partial charge < -0.3 is 14.4 Å². The molecule has 1 heterocycles. The highest BCUT2D eigenvalue weighted by molar-refractivity contribution is 5.58. The molecule has 1 aromatic carbocycles. The Hall–Kier alpha value is -2.51. The fourth-order valence-electron chi connectivity index (χ4n) is 2.00. The van der Waals surface area contributed by atoms with E-state index in [2.05, 4.69) is 9.97 Å². The lowest BCUT2D eigenvalue weighted by molar-refractivity contribution is -0.140. The van der Waals surface area contributed by atoms with Crippen LogP contribution in [0.4, 0.5) is 24.8 Å². The maximum absolute atomic E-state index is 13.2. The zero-order valence-corrected chi connectivity index (χ0v) is 14.7. The lowest BCUT2D eigenvalue weighted by Gasteiger charge is -2.24. The molecule has 0 aliphatic rings. The number of aromatic nitrogens is 2. The molecule has 0 aliphatic heterocycles. The third-order valence-corrected chi connectivity index (χ3v) is 3.21. The topological polar surface area (TPSA) is 47.5 Å². The predicted molar refractivity (Wildman–Crippen MR) is 88.5 cm³/mol. The maximum atomic E-state index is 13.2. The largest absolute Gasteiger partial charge is 0.497 e. The molecule has 1 aromatic heterocycles. The molecule has 136 valence electrons. The molecule has 0 amide bonds. The first-order chi connectivity index (χ1) is 11.5. The van der Waals surface area contributed by atoms with E-state index in [0.717, 1.165) is 6.20 Å². The van der Waals surface area contributed by atoms with Crippen LogP contribution < -0.4 is 14.4 Å². The second-order valence-corrected chi connectivity index (χ2v) is 6.36. The average Bonchev–Trinajstić information content (AvgIpc) is 2.51. The minimum absolute atomic E-state index is 0.0948. The Morgan fingerprint density at radius 3 is 2.12 bits per heavy atom. The van der Waals surface area contributed by atoms with Gasteiger partial charge in [-0.05, 0) is 45.0 Å². The summed E-state index contributed by atoms with van der Waals surface area (Å²) < 4.78 is 50.0. The fourth-order valence-corrected chi connectivity index (χ4v) is 2.00. The van der Waals surface area contributed by atoms with Crippen molar-refractivity contribution in [3.8, 4) is 11.6 Å². The van der Waals surface area contributed by atoms with Gasteiger partial charge in [-0.1, -0.05) is 0 Å². The Morgan fingerprint density at radius 1 is 1.04 bits per heavy atom. The second kappa shape index (κ2) is 6.78. The summed E-state index contributed by atoms with van der Waals surface area (Å²) >= 11 is 0. The van der Waals surface area contributed by atoms with E-state index in [9.17, 15) is 13.2 Å². The molecule has 0 fully saturated rings. The maximum Gasteiger partial charge on any atom is 0.423 e. The summed E-state index contributed by atoms with van der Waals surface area (Å²) in [5.74, 6) is 0.269. The zero-order chi connectivity index (χ0) is 18.8. The molecule has 8 heteroatoms. The van der Waals surface area contributed by atoms with E-state index >= 15 is 0 Å². The summed E-state index contributed by atoms with van der Waals surface area (Å²) in [4.78, 5) is 9.39. The summed E-state index contributed by atoms with van der Waals surface area (Å²) in [7, 11) is 3.21. The van der Waals surface area contributed by atoms with Gasteiger partial charge in [0.25, 0.3) is 0 Å². The highest BCUT2D eigenvalue weighted by Crippen LogP contribution is 2.37. The average molecular weight is 355 g/mol. The number of hydrogen-bond donors (Lipinski definition) is 0. The lowest BCUT2D eigenvalue weighted by atomic mass is 10.2. The number of benzene rings is 1. The van der Waals surface area contributed by atoms with Gasteiger partial charge in [0.15, 0.2) is 0 Å². The predicted octanol–water partition coefficient (Wildman–Crippen LogP) is 4.45. The molecule has 0 bridgehead atoms. The van der Waals surface area contributed by atoms with Crippen molar-refractivity contribution in [3.63, 3.8) is 0 Å². The van der Waals surface area contributed by atoms with Crippen molar-refractivity contribution in [2.45, 2.75) is 32.5 Å². The van der Waals surface area contributed by atoms with E-state index in [-0.39, 0.29) is 5.95 Å². The molecule has 0 atom stereocenters. The number of rotatable bonds is 4. The molecule has 2 aromatic rings. The Bertz CT molecular complexity index is 725. The number of alkyl halides is 3. The van der Waals surface area contributed by atoms with Crippen LogP contribution in [0.1, 0.15) is 26.3 Å². The van der Waals surface area contributed by atoms with Gasteiger partial charge in [-0.2, -0.15) is 18.2 Å². The third kappa shape index (κ3) is 4.74. The van der Waals surface area contributed by atoms with Gasteiger partial charge in [-0.15, -0.1) is 0 Å². The second-order valence-electron chi connectivity index (χ2n) is 6.36. The monoisotopic (exact) mass is 355 g/mol. The third-order valence-electron chi connectivity index (χ3n) is 3.21. The van der Waals surface area contributed by atoms with Crippen LogP contribution in [0.2, 0.25) is 0 Å². The smallest absolute Gasteiger partial charge is 0.423 e. The molecule has 0 unspecified atom stereocenters. The summed E-state index contributed by atoms with van der Waals surface area (Å²) in [6.07, 6.45) is -3.86. The van der Waals surface area contributed by atoms with E-state index in [1.807, 2.05) is 0 Å². The van der Waals surface area contributed by atoms with Crippen LogP contribution in [0.15, 0.2) is 30.5 Å². The highest BCUT2D eigenvalue weighted by Gasteiger charge is 2.37. The van der Waals surface area contributed by atoms with Crippen molar-refractivity contribution >= 4 is 11.6 Å². The summed E-state index contributed by atoms with van der Waals surface area (Å²) in [5, 5.41) is 0. The first kappa shape index (κ1) is 18.8.